The number of anilines is 1. The Kier molecular flexibility index (Phi) is 5.02. The predicted octanol–water partition coefficient (Wildman–Crippen LogP) is 2.97. The molecule has 25 heavy (non-hydrogen) atoms. The number of nitrogens with one attached hydrogen (secondary N) is 1. The molecule has 1 N–H and O–H groups in total. The maximum absolute atomic E-state index is 12.4. The van der Waals surface area contributed by atoms with Crippen LogP contribution in [0.15, 0.2) is 30.4 Å². The van der Waals surface area contributed by atoms with Crippen molar-refractivity contribution in [1.82, 2.24) is 4.90 Å². The van der Waals surface area contributed by atoms with Gasteiger partial charge in [-0.15, -0.1) is 0 Å². The summed E-state index contributed by atoms with van der Waals surface area (Å²) in [6, 6.07) is 5.92. The number of carbonyl (C=O) groups excluding carboxylic acids is 3. The van der Waals surface area contributed by atoms with Gasteiger partial charge in [-0.05, 0) is 50.3 Å². The summed E-state index contributed by atoms with van der Waals surface area (Å²) < 4.78 is 0. The van der Waals surface area contributed by atoms with E-state index in [9.17, 15) is 14.4 Å². The molecule has 3 rings (SSSR count). The molecule has 2 aliphatic rings. The van der Waals surface area contributed by atoms with Crippen LogP contribution in [0.2, 0.25) is 0 Å². The molecule has 0 unspecified atom stereocenters. The fourth-order valence-corrected chi connectivity index (χ4v) is 3.57. The van der Waals surface area contributed by atoms with Gasteiger partial charge in [-0.1, -0.05) is 24.3 Å². The maximum atomic E-state index is 12.4. The van der Waals surface area contributed by atoms with Crippen molar-refractivity contribution in [3.8, 4) is 0 Å². The molecule has 3 amide bonds. The monoisotopic (exact) mass is 340 g/mol. The minimum atomic E-state index is -0.193. The predicted molar refractivity (Wildman–Crippen MR) is 95.9 cm³/mol. The molecule has 1 heterocycles. The lowest BCUT2D eigenvalue weighted by Crippen LogP contribution is -2.32. The lowest BCUT2D eigenvalue weighted by molar-refractivity contribution is -0.140. The summed E-state index contributed by atoms with van der Waals surface area (Å²) in [7, 11) is 0. The minimum absolute atomic E-state index is 0.0747. The Morgan fingerprint density at radius 3 is 2.40 bits per heavy atom. The number of nitrogens with zero attached hydrogens (tertiary/aromatic N) is 1. The highest BCUT2D eigenvalue weighted by Crippen LogP contribution is 2.35. The second-order valence-corrected chi connectivity index (χ2v) is 6.95. The van der Waals surface area contributed by atoms with Gasteiger partial charge in [-0.25, -0.2) is 0 Å². The van der Waals surface area contributed by atoms with Crippen molar-refractivity contribution < 1.29 is 14.4 Å². The number of hydrogen-bond donors (Lipinski definition) is 1. The van der Waals surface area contributed by atoms with E-state index in [1.54, 1.807) is 0 Å². The van der Waals surface area contributed by atoms with Gasteiger partial charge in [0.1, 0.15) is 0 Å². The average molecular weight is 340 g/mol. The van der Waals surface area contributed by atoms with Crippen LogP contribution >= 0.6 is 0 Å². The smallest absolute Gasteiger partial charge is 0.233 e. The number of aryl methyl sites for hydroxylation is 2. The standard InChI is InChI=1S/C20H24N2O3/c1-13-9-10-14(2)17(12-13)21-18(23)8-5-11-22-19(24)15-6-3-4-7-16(15)20(22)25/h3-4,9-10,12,15-16H,5-8,11H2,1-2H3,(H,21,23)/t15-,16-/m0/s1. The van der Waals surface area contributed by atoms with Gasteiger partial charge in [0.25, 0.3) is 0 Å². The van der Waals surface area contributed by atoms with Crippen LogP contribution in [0.5, 0.6) is 0 Å². The van der Waals surface area contributed by atoms with Gasteiger partial charge < -0.3 is 5.32 Å². The molecular formula is C20H24N2O3. The van der Waals surface area contributed by atoms with E-state index in [0.717, 1.165) is 16.8 Å². The zero-order chi connectivity index (χ0) is 18.0. The first-order valence-electron chi connectivity index (χ1n) is 8.84. The van der Waals surface area contributed by atoms with E-state index >= 15 is 0 Å². The number of likely N-dealkylation sites (tertiary alicyclic amines) is 1. The number of amides is 3. The highest BCUT2D eigenvalue weighted by atomic mass is 16.2. The molecule has 1 aromatic rings. The van der Waals surface area contributed by atoms with Gasteiger partial charge in [0, 0.05) is 18.7 Å². The summed E-state index contributed by atoms with van der Waals surface area (Å²) in [6.45, 7) is 4.26. The third-order valence-electron chi connectivity index (χ3n) is 5.05. The Balaban J connectivity index is 1.51. The van der Waals surface area contributed by atoms with Crippen LogP contribution in [-0.2, 0) is 14.4 Å². The van der Waals surface area contributed by atoms with Crippen LogP contribution in [0.3, 0.4) is 0 Å². The van der Waals surface area contributed by atoms with Crippen LogP contribution in [0.1, 0.15) is 36.8 Å². The molecule has 2 atom stereocenters. The number of carbonyl (C=O) groups is 3. The molecule has 0 aromatic heterocycles. The van der Waals surface area contributed by atoms with Gasteiger partial charge in [-0.2, -0.15) is 0 Å². The molecule has 0 saturated carbocycles. The van der Waals surface area contributed by atoms with Crippen LogP contribution in [-0.4, -0.2) is 29.2 Å². The molecule has 1 aliphatic heterocycles. The van der Waals surface area contributed by atoms with Crippen LogP contribution in [0.25, 0.3) is 0 Å². The minimum Gasteiger partial charge on any atom is -0.326 e. The SMILES string of the molecule is Cc1ccc(C)c(NC(=O)CCCN2C(=O)[C@H]3CC=CC[C@@H]3C2=O)c1. The number of benzene rings is 1. The van der Waals surface area contributed by atoms with E-state index in [4.69, 9.17) is 0 Å². The Morgan fingerprint density at radius 1 is 1.12 bits per heavy atom. The molecule has 1 saturated heterocycles. The topological polar surface area (TPSA) is 66.5 Å². The number of rotatable bonds is 5. The molecule has 5 nitrogen and oxygen atoms in total. The van der Waals surface area contributed by atoms with Crippen molar-refractivity contribution in [2.75, 3.05) is 11.9 Å². The van der Waals surface area contributed by atoms with E-state index < -0.39 is 0 Å². The second-order valence-electron chi connectivity index (χ2n) is 6.95. The van der Waals surface area contributed by atoms with E-state index in [1.807, 2.05) is 44.2 Å². The van der Waals surface area contributed by atoms with Gasteiger partial charge in [-0.3, -0.25) is 19.3 Å². The average Bonchev–Trinajstić information content (AvgIpc) is 2.83. The first-order chi connectivity index (χ1) is 12.0. The lowest BCUT2D eigenvalue weighted by atomic mass is 9.85. The maximum Gasteiger partial charge on any atom is 0.233 e. The molecular weight excluding hydrogens is 316 g/mol. The Morgan fingerprint density at radius 2 is 1.76 bits per heavy atom. The first-order valence-corrected chi connectivity index (χ1v) is 8.84. The summed E-state index contributed by atoms with van der Waals surface area (Å²) in [5.41, 5.74) is 2.92. The molecule has 132 valence electrons. The molecule has 0 radical (unpaired) electrons. The van der Waals surface area contributed by atoms with Gasteiger partial charge >= 0.3 is 0 Å². The van der Waals surface area contributed by atoms with E-state index in [1.165, 1.54) is 4.90 Å². The summed E-state index contributed by atoms with van der Waals surface area (Å²) in [4.78, 5) is 38.2. The van der Waals surface area contributed by atoms with E-state index in [0.29, 0.717) is 25.8 Å². The van der Waals surface area contributed by atoms with E-state index in [-0.39, 0.29) is 36.0 Å². The van der Waals surface area contributed by atoms with Crippen molar-refractivity contribution in [2.45, 2.75) is 39.5 Å². The Labute approximate surface area is 148 Å². The third-order valence-corrected chi connectivity index (χ3v) is 5.05. The van der Waals surface area contributed by atoms with Crippen LogP contribution in [0, 0.1) is 25.7 Å². The summed E-state index contributed by atoms with van der Waals surface area (Å²) in [5.74, 6) is -0.627. The normalized spacial score (nSPS) is 22.2. The highest BCUT2D eigenvalue weighted by Gasteiger charge is 2.46. The zero-order valence-corrected chi connectivity index (χ0v) is 14.7. The van der Waals surface area contributed by atoms with Crippen molar-refractivity contribution >= 4 is 23.4 Å². The first kappa shape index (κ1) is 17.4. The number of imide groups is 1. The van der Waals surface area contributed by atoms with Gasteiger partial charge in [0.2, 0.25) is 17.7 Å². The van der Waals surface area contributed by atoms with E-state index in [2.05, 4.69) is 5.32 Å². The molecule has 0 bridgehead atoms. The van der Waals surface area contributed by atoms with Crippen molar-refractivity contribution in [3.63, 3.8) is 0 Å². The van der Waals surface area contributed by atoms with Gasteiger partial charge in [0.05, 0.1) is 11.8 Å². The van der Waals surface area contributed by atoms with Crippen molar-refractivity contribution in [1.29, 1.82) is 0 Å². The molecule has 1 aromatic carbocycles. The van der Waals surface area contributed by atoms with Crippen molar-refractivity contribution in [2.24, 2.45) is 11.8 Å². The summed E-state index contributed by atoms with van der Waals surface area (Å²) in [6.07, 6.45) is 6.04. The summed E-state index contributed by atoms with van der Waals surface area (Å²) in [5, 5.41) is 2.91. The molecule has 5 heteroatoms. The Bertz CT molecular complexity index is 712. The molecule has 1 aliphatic carbocycles. The number of fused-ring (bicyclic) bond motifs is 1. The van der Waals surface area contributed by atoms with Crippen LogP contribution < -0.4 is 5.32 Å². The zero-order valence-electron chi connectivity index (χ0n) is 14.7. The van der Waals surface area contributed by atoms with Gasteiger partial charge in [0.15, 0.2) is 0 Å². The fraction of sp³-hybridized carbons (Fsp3) is 0.450. The highest BCUT2D eigenvalue weighted by molar-refractivity contribution is 6.05. The summed E-state index contributed by atoms with van der Waals surface area (Å²) >= 11 is 0. The molecule has 0 spiro atoms. The fourth-order valence-electron chi connectivity index (χ4n) is 3.57. The second kappa shape index (κ2) is 7.21. The van der Waals surface area contributed by atoms with Crippen LogP contribution in [0.4, 0.5) is 5.69 Å². The number of hydrogen-bond acceptors (Lipinski definition) is 3. The van der Waals surface area contributed by atoms with Crippen molar-refractivity contribution in [3.05, 3.63) is 41.5 Å². The quantitative estimate of drug-likeness (QED) is 0.662. The molecule has 1 fully saturated rings. The Hall–Kier alpha value is -2.43. The lowest BCUT2D eigenvalue weighted by Gasteiger charge is -2.14. The largest absolute Gasteiger partial charge is 0.326 e. The third kappa shape index (κ3) is 3.65. The number of allylic oxidation sites excluding steroid dienone is 2.